The molecule has 2 N–H and O–H groups in total. The third-order valence-electron chi connectivity index (χ3n) is 3.48. The Bertz CT molecular complexity index is 481. The van der Waals surface area contributed by atoms with Gasteiger partial charge in [0.25, 0.3) is 5.91 Å². The van der Waals surface area contributed by atoms with Crippen LogP contribution in [0.3, 0.4) is 0 Å². The Morgan fingerprint density at radius 3 is 3.00 bits per heavy atom. The lowest BCUT2D eigenvalue weighted by Gasteiger charge is -2.15. The number of nitrogens with one attached hydrogen (secondary N) is 2. The Labute approximate surface area is 124 Å². The molecule has 0 bridgehead atoms. The monoisotopic (exact) mass is 297 g/mol. The maximum absolute atomic E-state index is 12.2. The number of rotatable bonds is 5. The summed E-state index contributed by atoms with van der Waals surface area (Å²) < 4.78 is 5.48. The molecule has 0 spiro atoms. The van der Waals surface area contributed by atoms with Gasteiger partial charge in [0, 0.05) is 25.6 Å². The number of hydrogen-bond donors (Lipinski definition) is 2. The van der Waals surface area contributed by atoms with Crippen LogP contribution in [-0.2, 0) is 4.74 Å². The first-order valence-corrected chi connectivity index (χ1v) is 7.29. The van der Waals surface area contributed by atoms with E-state index in [0.717, 1.165) is 19.6 Å². The second-order valence-corrected chi connectivity index (χ2v) is 5.30. The number of nitrogens with zero attached hydrogens (tertiary/aromatic N) is 1. The smallest absolute Gasteiger partial charge is 0.271 e. The molecular formula is C14H20ClN3O2. The molecule has 1 fully saturated rings. The van der Waals surface area contributed by atoms with Gasteiger partial charge in [-0.05, 0) is 32.4 Å². The first-order valence-electron chi connectivity index (χ1n) is 6.92. The lowest BCUT2D eigenvalue weighted by Crippen LogP contribution is -2.32. The number of ether oxygens (including phenoxy) is 1. The van der Waals surface area contributed by atoms with E-state index in [1.807, 2.05) is 13.8 Å². The van der Waals surface area contributed by atoms with Gasteiger partial charge in [0.2, 0.25) is 0 Å². The lowest BCUT2D eigenvalue weighted by molar-refractivity contribution is 0.0903. The summed E-state index contributed by atoms with van der Waals surface area (Å²) in [5.74, 6) is 0.767. The zero-order valence-corrected chi connectivity index (χ0v) is 12.5. The largest absolute Gasteiger partial charge is 0.378 e. The van der Waals surface area contributed by atoms with Crippen molar-refractivity contribution >= 4 is 23.3 Å². The fraction of sp³-hybridized carbons (Fsp3) is 0.571. The molecule has 6 heteroatoms. The Morgan fingerprint density at radius 2 is 2.35 bits per heavy atom. The summed E-state index contributed by atoms with van der Waals surface area (Å²) in [6.07, 6.45) is 1.16. The van der Waals surface area contributed by atoms with Gasteiger partial charge in [0.15, 0.2) is 0 Å². The van der Waals surface area contributed by atoms with Crippen LogP contribution in [0.1, 0.15) is 30.8 Å². The topological polar surface area (TPSA) is 63.2 Å². The minimum atomic E-state index is -0.242. The van der Waals surface area contributed by atoms with Crippen molar-refractivity contribution in [2.75, 3.05) is 25.0 Å². The number of carbonyl (C=O) groups excluding carboxylic acids is 1. The Hall–Kier alpha value is -1.33. The average Bonchev–Trinajstić information content (AvgIpc) is 2.84. The molecule has 20 heavy (non-hydrogen) atoms. The van der Waals surface area contributed by atoms with E-state index in [9.17, 15) is 4.79 Å². The summed E-state index contributed by atoms with van der Waals surface area (Å²) in [5.41, 5.74) is 0.261. The fourth-order valence-electron chi connectivity index (χ4n) is 2.23. The van der Waals surface area contributed by atoms with E-state index in [2.05, 4.69) is 15.6 Å². The van der Waals surface area contributed by atoms with Crippen molar-refractivity contribution < 1.29 is 9.53 Å². The predicted octanol–water partition coefficient (Wildman–Crippen LogP) is 2.32. The highest BCUT2D eigenvalue weighted by Crippen LogP contribution is 2.20. The van der Waals surface area contributed by atoms with Gasteiger partial charge in [-0.25, -0.2) is 4.98 Å². The normalized spacial score (nSPS) is 21.8. The van der Waals surface area contributed by atoms with E-state index in [1.54, 1.807) is 12.1 Å². The number of hydrogen-bond acceptors (Lipinski definition) is 4. The molecule has 1 aliphatic heterocycles. The molecule has 1 aromatic rings. The van der Waals surface area contributed by atoms with Crippen LogP contribution in [0.25, 0.3) is 0 Å². The first-order chi connectivity index (χ1) is 9.61. The number of carbonyl (C=O) groups is 1. The van der Waals surface area contributed by atoms with Crippen LogP contribution < -0.4 is 10.6 Å². The quantitative estimate of drug-likeness (QED) is 0.875. The van der Waals surface area contributed by atoms with E-state index in [-0.39, 0.29) is 17.7 Å². The van der Waals surface area contributed by atoms with Gasteiger partial charge in [-0.2, -0.15) is 0 Å². The van der Waals surface area contributed by atoms with Crippen LogP contribution in [0.5, 0.6) is 0 Å². The van der Waals surface area contributed by atoms with Crippen molar-refractivity contribution in [3.05, 3.63) is 22.8 Å². The molecule has 110 valence electrons. The van der Waals surface area contributed by atoms with Gasteiger partial charge >= 0.3 is 0 Å². The summed E-state index contributed by atoms with van der Waals surface area (Å²) in [4.78, 5) is 16.4. The molecule has 1 saturated heterocycles. The summed E-state index contributed by atoms with van der Waals surface area (Å²) in [7, 11) is 0. The zero-order chi connectivity index (χ0) is 14.5. The fourth-order valence-corrected chi connectivity index (χ4v) is 2.42. The van der Waals surface area contributed by atoms with Crippen molar-refractivity contribution in [3.63, 3.8) is 0 Å². The van der Waals surface area contributed by atoms with E-state index in [0.29, 0.717) is 23.3 Å². The summed E-state index contributed by atoms with van der Waals surface area (Å²) in [6.45, 7) is 6.09. The molecule has 0 aliphatic carbocycles. The number of aromatic nitrogens is 1. The Kier molecular flexibility index (Phi) is 5.20. The third-order valence-corrected chi connectivity index (χ3v) is 3.78. The predicted molar refractivity (Wildman–Crippen MR) is 79.3 cm³/mol. The number of halogens is 1. The first kappa shape index (κ1) is 15.1. The maximum atomic E-state index is 12.2. The van der Waals surface area contributed by atoms with Crippen molar-refractivity contribution in [1.29, 1.82) is 0 Å². The highest BCUT2D eigenvalue weighted by Gasteiger charge is 2.25. The highest BCUT2D eigenvalue weighted by molar-refractivity contribution is 6.33. The highest BCUT2D eigenvalue weighted by atomic mass is 35.5. The number of anilines is 1. The van der Waals surface area contributed by atoms with E-state index in [1.165, 1.54) is 0 Å². The molecule has 2 heterocycles. The molecule has 1 aliphatic rings. The molecule has 5 nitrogen and oxygen atoms in total. The summed E-state index contributed by atoms with van der Waals surface area (Å²) >= 11 is 6.04. The molecule has 2 atom stereocenters. The summed E-state index contributed by atoms with van der Waals surface area (Å²) in [5, 5.41) is 6.31. The molecule has 0 aromatic carbocycles. The van der Waals surface area contributed by atoms with Gasteiger partial charge in [0.05, 0.1) is 11.1 Å². The van der Waals surface area contributed by atoms with E-state index < -0.39 is 0 Å². The number of pyridine rings is 1. The second kappa shape index (κ2) is 6.90. The van der Waals surface area contributed by atoms with Gasteiger partial charge in [-0.15, -0.1) is 0 Å². The van der Waals surface area contributed by atoms with Crippen molar-refractivity contribution in [2.45, 2.75) is 26.4 Å². The van der Waals surface area contributed by atoms with Crippen molar-refractivity contribution in [1.82, 2.24) is 10.3 Å². The van der Waals surface area contributed by atoms with Crippen LogP contribution in [0.15, 0.2) is 12.1 Å². The SMILES string of the molecule is CCNc1ccc(Cl)c(C(=O)NCC2CCOC2C)n1. The molecule has 1 amide bonds. The Morgan fingerprint density at radius 1 is 1.55 bits per heavy atom. The van der Waals surface area contributed by atoms with Crippen LogP contribution in [-0.4, -0.2) is 36.7 Å². The molecule has 2 rings (SSSR count). The third kappa shape index (κ3) is 3.61. The number of amides is 1. The minimum absolute atomic E-state index is 0.187. The zero-order valence-electron chi connectivity index (χ0n) is 11.8. The van der Waals surface area contributed by atoms with Gasteiger partial charge in [-0.1, -0.05) is 11.6 Å². The second-order valence-electron chi connectivity index (χ2n) is 4.89. The molecule has 1 aromatic heterocycles. The maximum Gasteiger partial charge on any atom is 0.271 e. The van der Waals surface area contributed by atoms with Crippen LogP contribution >= 0.6 is 11.6 Å². The van der Waals surface area contributed by atoms with Gasteiger partial charge in [-0.3, -0.25) is 4.79 Å². The van der Waals surface area contributed by atoms with Crippen molar-refractivity contribution in [2.24, 2.45) is 5.92 Å². The molecule has 0 saturated carbocycles. The van der Waals surface area contributed by atoms with Gasteiger partial charge in [0.1, 0.15) is 11.5 Å². The average molecular weight is 298 g/mol. The summed E-state index contributed by atoms with van der Waals surface area (Å²) in [6, 6.07) is 3.44. The van der Waals surface area contributed by atoms with Gasteiger partial charge < -0.3 is 15.4 Å². The molecule has 2 unspecified atom stereocenters. The van der Waals surface area contributed by atoms with Crippen LogP contribution in [0.4, 0.5) is 5.82 Å². The van der Waals surface area contributed by atoms with E-state index >= 15 is 0 Å². The van der Waals surface area contributed by atoms with E-state index in [4.69, 9.17) is 16.3 Å². The van der Waals surface area contributed by atoms with Crippen molar-refractivity contribution in [3.8, 4) is 0 Å². The Balaban J connectivity index is 1.99. The molecular weight excluding hydrogens is 278 g/mol. The van der Waals surface area contributed by atoms with Crippen LogP contribution in [0, 0.1) is 5.92 Å². The minimum Gasteiger partial charge on any atom is -0.378 e. The lowest BCUT2D eigenvalue weighted by atomic mass is 10.0. The van der Waals surface area contributed by atoms with Crippen LogP contribution in [0.2, 0.25) is 5.02 Å². The standard InChI is InChI=1S/C14H20ClN3O2/c1-3-16-12-5-4-11(15)13(18-12)14(19)17-8-10-6-7-20-9(10)2/h4-5,9-10H,3,6-8H2,1-2H3,(H,16,18)(H,17,19). The molecule has 0 radical (unpaired) electrons.